The molecule has 0 radical (unpaired) electrons. The molecule has 21 heavy (non-hydrogen) atoms. The van der Waals surface area contributed by atoms with Crippen LogP contribution in [-0.2, 0) is 0 Å². The Labute approximate surface area is 129 Å². The van der Waals surface area contributed by atoms with Crippen LogP contribution < -0.4 is 5.73 Å². The van der Waals surface area contributed by atoms with E-state index in [0.717, 1.165) is 18.5 Å². The topological polar surface area (TPSA) is 35.7 Å². The molecule has 4 aliphatic heterocycles. The third-order valence-electron chi connectivity index (χ3n) is 6.95. The molecule has 0 aromatic rings. The summed E-state index contributed by atoms with van der Waals surface area (Å²) in [6.45, 7) is 10.0. The quantitative estimate of drug-likeness (QED) is 0.841. The number of piperidine rings is 2. The smallest absolute Gasteiger partial charge is 0.0385 e. The summed E-state index contributed by atoms with van der Waals surface area (Å²) in [6.07, 6.45) is 8.32. The van der Waals surface area contributed by atoms with Crippen LogP contribution in [0.5, 0.6) is 0 Å². The lowest BCUT2D eigenvalue weighted by atomic mass is 9.77. The van der Waals surface area contributed by atoms with Gasteiger partial charge in [0.05, 0.1) is 0 Å². The van der Waals surface area contributed by atoms with Crippen LogP contribution in [-0.4, -0.2) is 78.6 Å². The summed E-state index contributed by atoms with van der Waals surface area (Å²) in [6, 6.07) is 0.813. The van der Waals surface area contributed by atoms with Gasteiger partial charge < -0.3 is 10.6 Å². The first kappa shape index (κ1) is 14.4. The Balaban J connectivity index is 1.45. The minimum Gasteiger partial charge on any atom is -0.329 e. The van der Waals surface area contributed by atoms with Gasteiger partial charge in [-0.25, -0.2) is 0 Å². The second-order valence-corrected chi connectivity index (χ2v) is 7.83. The van der Waals surface area contributed by atoms with E-state index in [9.17, 15) is 0 Å². The molecule has 4 aliphatic rings. The Morgan fingerprint density at radius 3 is 2.57 bits per heavy atom. The minimum absolute atomic E-state index is 0.331. The summed E-state index contributed by atoms with van der Waals surface area (Å²) < 4.78 is 0. The molecule has 120 valence electrons. The van der Waals surface area contributed by atoms with Crippen LogP contribution in [0.4, 0.5) is 0 Å². The van der Waals surface area contributed by atoms with E-state index in [1.165, 1.54) is 84.3 Å². The number of hydrogen-bond acceptors (Lipinski definition) is 4. The van der Waals surface area contributed by atoms with Crippen LogP contribution in [0.15, 0.2) is 0 Å². The van der Waals surface area contributed by atoms with E-state index in [1.54, 1.807) is 0 Å². The number of rotatable bonds is 3. The van der Waals surface area contributed by atoms with Crippen molar-refractivity contribution in [3.63, 3.8) is 0 Å². The summed E-state index contributed by atoms with van der Waals surface area (Å²) in [5, 5.41) is 0. The largest absolute Gasteiger partial charge is 0.329 e. The maximum Gasteiger partial charge on any atom is 0.0385 e. The highest BCUT2D eigenvalue weighted by Crippen LogP contribution is 2.41. The second-order valence-electron chi connectivity index (χ2n) is 7.83. The molecule has 0 aliphatic carbocycles. The molecule has 2 bridgehead atoms. The molecule has 4 nitrogen and oxygen atoms in total. The van der Waals surface area contributed by atoms with Crippen molar-refractivity contribution in [3.8, 4) is 0 Å². The highest BCUT2D eigenvalue weighted by atomic mass is 15.3. The number of likely N-dealkylation sites (tertiary alicyclic amines) is 2. The lowest BCUT2D eigenvalue weighted by Crippen LogP contribution is -2.62. The fraction of sp³-hybridized carbons (Fsp3) is 1.00. The highest BCUT2D eigenvalue weighted by Gasteiger charge is 2.50. The summed E-state index contributed by atoms with van der Waals surface area (Å²) in [5.74, 6) is 0.830. The van der Waals surface area contributed by atoms with Crippen LogP contribution >= 0.6 is 0 Å². The van der Waals surface area contributed by atoms with Gasteiger partial charge in [-0.1, -0.05) is 6.42 Å². The van der Waals surface area contributed by atoms with Crippen LogP contribution in [0.25, 0.3) is 0 Å². The summed E-state index contributed by atoms with van der Waals surface area (Å²) in [4.78, 5) is 8.24. The van der Waals surface area contributed by atoms with Gasteiger partial charge in [-0.05, 0) is 64.2 Å². The number of nitrogens with zero attached hydrogens (tertiary/aromatic N) is 3. The van der Waals surface area contributed by atoms with Crippen molar-refractivity contribution in [1.29, 1.82) is 0 Å². The van der Waals surface area contributed by atoms with E-state index in [2.05, 4.69) is 14.7 Å². The van der Waals surface area contributed by atoms with Gasteiger partial charge in [0.15, 0.2) is 0 Å². The molecular formula is C17H32N4. The lowest BCUT2D eigenvalue weighted by molar-refractivity contribution is 0.0183. The van der Waals surface area contributed by atoms with Crippen LogP contribution in [0.1, 0.15) is 38.5 Å². The van der Waals surface area contributed by atoms with E-state index in [-0.39, 0.29) is 0 Å². The van der Waals surface area contributed by atoms with E-state index >= 15 is 0 Å². The van der Waals surface area contributed by atoms with Crippen molar-refractivity contribution in [2.75, 3.05) is 52.4 Å². The third-order valence-corrected chi connectivity index (χ3v) is 6.95. The molecule has 4 atom stereocenters. The Morgan fingerprint density at radius 1 is 0.905 bits per heavy atom. The summed E-state index contributed by atoms with van der Waals surface area (Å²) >= 11 is 0. The molecule has 0 spiro atoms. The van der Waals surface area contributed by atoms with Gasteiger partial charge in [0, 0.05) is 37.8 Å². The fourth-order valence-corrected chi connectivity index (χ4v) is 5.57. The van der Waals surface area contributed by atoms with Crippen molar-refractivity contribution in [2.45, 2.75) is 50.1 Å². The Bertz CT molecular complexity index is 368. The normalized spacial score (nSPS) is 45.3. The third kappa shape index (κ3) is 2.44. The molecule has 4 unspecified atom stereocenters. The van der Waals surface area contributed by atoms with Gasteiger partial charge in [0.1, 0.15) is 0 Å². The van der Waals surface area contributed by atoms with Gasteiger partial charge >= 0.3 is 0 Å². The molecule has 0 aromatic heterocycles. The van der Waals surface area contributed by atoms with Gasteiger partial charge in [0.25, 0.3) is 0 Å². The minimum atomic E-state index is 0.331. The van der Waals surface area contributed by atoms with Crippen molar-refractivity contribution < 1.29 is 0 Å². The van der Waals surface area contributed by atoms with E-state index in [0.29, 0.717) is 5.54 Å². The summed E-state index contributed by atoms with van der Waals surface area (Å²) in [5.41, 5.74) is 6.68. The van der Waals surface area contributed by atoms with Gasteiger partial charge in [0.2, 0.25) is 0 Å². The van der Waals surface area contributed by atoms with Crippen molar-refractivity contribution in [1.82, 2.24) is 14.7 Å². The molecule has 4 saturated heterocycles. The first-order valence-electron chi connectivity index (χ1n) is 9.23. The Kier molecular flexibility index (Phi) is 3.99. The Morgan fingerprint density at radius 2 is 1.76 bits per heavy atom. The van der Waals surface area contributed by atoms with Crippen molar-refractivity contribution in [3.05, 3.63) is 0 Å². The SMILES string of the molecule is NCC1(N2CCC(N3CCCCC3)C2)CCN2CCC1C2. The molecular weight excluding hydrogens is 260 g/mol. The Hall–Kier alpha value is -0.160. The molecule has 4 heterocycles. The van der Waals surface area contributed by atoms with Crippen LogP contribution in [0, 0.1) is 5.92 Å². The lowest BCUT2D eigenvalue weighted by Gasteiger charge is -2.49. The number of nitrogens with two attached hydrogens (primary N) is 1. The van der Waals surface area contributed by atoms with Crippen molar-refractivity contribution in [2.24, 2.45) is 11.7 Å². The molecule has 2 N–H and O–H groups in total. The van der Waals surface area contributed by atoms with Crippen LogP contribution in [0.2, 0.25) is 0 Å². The fourth-order valence-electron chi connectivity index (χ4n) is 5.57. The molecule has 4 fully saturated rings. The van der Waals surface area contributed by atoms with Gasteiger partial charge in [-0.2, -0.15) is 0 Å². The van der Waals surface area contributed by atoms with Crippen LogP contribution in [0.3, 0.4) is 0 Å². The standard InChI is InChI=1S/C17H32N4/c18-14-17(6-11-19-9-4-15(17)12-19)21-10-5-16(13-21)20-7-2-1-3-8-20/h15-16H,1-14,18H2. The van der Waals surface area contributed by atoms with Crippen molar-refractivity contribution >= 4 is 0 Å². The molecule has 4 rings (SSSR count). The first-order chi connectivity index (χ1) is 10.3. The highest BCUT2D eigenvalue weighted by molar-refractivity contribution is 5.07. The molecule has 0 amide bonds. The molecule has 0 aromatic carbocycles. The maximum atomic E-state index is 6.35. The van der Waals surface area contributed by atoms with Gasteiger partial charge in [-0.15, -0.1) is 0 Å². The first-order valence-corrected chi connectivity index (χ1v) is 9.23. The number of hydrogen-bond donors (Lipinski definition) is 1. The monoisotopic (exact) mass is 292 g/mol. The predicted octanol–water partition coefficient (Wildman–Crippen LogP) is 0.970. The van der Waals surface area contributed by atoms with E-state index in [4.69, 9.17) is 5.73 Å². The zero-order valence-corrected chi connectivity index (χ0v) is 13.5. The van der Waals surface area contributed by atoms with Gasteiger partial charge in [-0.3, -0.25) is 9.80 Å². The zero-order chi connectivity index (χ0) is 14.3. The molecule has 0 saturated carbocycles. The molecule has 4 heteroatoms. The average Bonchev–Trinajstić information content (AvgIpc) is 3.18. The zero-order valence-electron chi connectivity index (χ0n) is 13.5. The average molecular weight is 292 g/mol. The number of fused-ring (bicyclic) bond motifs is 2. The maximum absolute atomic E-state index is 6.35. The van der Waals surface area contributed by atoms with E-state index < -0.39 is 0 Å². The van der Waals surface area contributed by atoms with E-state index in [1.807, 2.05) is 0 Å². The summed E-state index contributed by atoms with van der Waals surface area (Å²) in [7, 11) is 0. The predicted molar refractivity (Wildman–Crippen MR) is 86.4 cm³/mol. The second kappa shape index (κ2) is 5.80.